The number of piperidine rings is 1. The average Bonchev–Trinajstić information content (AvgIpc) is 3.15. The van der Waals surface area contributed by atoms with Gasteiger partial charge < -0.3 is 9.42 Å². The molecular weight excluding hydrogens is 318 g/mol. The summed E-state index contributed by atoms with van der Waals surface area (Å²) in [4.78, 5) is 25.5. The van der Waals surface area contributed by atoms with Gasteiger partial charge in [-0.25, -0.2) is 0 Å². The first-order valence-electron chi connectivity index (χ1n) is 9.04. The van der Waals surface area contributed by atoms with Crippen LogP contribution < -0.4 is 0 Å². The zero-order valence-corrected chi connectivity index (χ0v) is 14.3. The summed E-state index contributed by atoms with van der Waals surface area (Å²) < 4.78 is 5.27. The maximum Gasteiger partial charge on any atom is 0.227 e. The van der Waals surface area contributed by atoms with Crippen molar-refractivity contribution < 1.29 is 9.32 Å². The third kappa shape index (κ3) is 3.71. The molecule has 0 aliphatic carbocycles. The van der Waals surface area contributed by atoms with E-state index in [0.717, 1.165) is 25.2 Å². The fourth-order valence-electron chi connectivity index (χ4n) is 3.72. The summed E-state index contributed by atoms with van der Waals surface area (Å²) >= 11 is 0. The topological polar surface area (TPSA) is 75.4 Å². The Morgan fingerprint density at radius 3 is 3.12 bits per heavy atom. The highest BCUT2D eigenvalue weighted by atomic mass is 16.5. The van der Waals surface area contributed by atoms with Crippen LogP contribution in [0.4, 0.5) is 0 Å². The van der Waals surface area contributed by atoms with E-state index in [2.05, 4.69) is 20.0 Å². The molecule has 7 heteroatoms. The van der Waals surface area contributed by atoms with Crippen LogP contribution in [-0.4, -0.2) is 63.1 Å². The molecule has 0 aromatic carbocycles. The molecule has 4 rings (SSSR count). The first-order valence-corrected chi connectivity index (χ1v) is 9.04. The third-order valence-corrected chi connectivity index (χ3v) is 5.13. The molecule has 0 unspecified atom stereocenters. The lowest BCUT2D eigenvalue weighted by molar-refractivity contribution is -0.134. The van der Waals surface area contributed by atoms with Crippen LogP contribution in [0.2, 0.25) is 0 Å². The molecule has 0 bridgehead atoms. The second-order valence-electron chi connectivity index (χ2n) is 6.78. The molecule has 7 nitrogen and oxygen atoms in total. The van der Waals surface area contributed by atoms with Gasteiger partial charge in [-0.1, -0.05) is 11.6 Å². The van der Waals surface area contributed by atoms with E-state index < -0.39 is 0 Å². The molecule has 2 aromatic heterocycles. The summed E-state index contributed by atoms with van der Waals surface area (Å²) in [5, 5.41) is 3.97. The fourth-order valence-corrected chi connectivity index (χ4v) is 3.72. The summed E-state index contributed by atoms with van der Waals surface area (Å²) in [6, 6.07) is 4.27. The lowest BCUT2D eigenvalue weighted by atomic mass is 9.99. The van der Waals surface area contributed by atoms with E-state index in [9.17, 15) is 4.79 Å². The van der Waals surface area contributed by atoms with Crippen LogP contribution in [0, 0.1) is 0 Å². The number of piperazine rings is 1. The van der Waals surface area contributed by atoms with Gasteiger partial charge >= 0.3 is 0 Å². The van der Waals surface area contributed by atoms with Crippen LogP contribution in [0.25, 0.3) is 11.4 Å². The highest BCUT2D eigenvalue weighted by Gasteiger charge is 2.30. The second kappa shape index (κ2) is 7.31. The molecule has 0 saturated carbocycles. The summed E-state index contributed by atoms with van der Waals surface area (Å²) in [5.41, 5.74) is 0.817. The van der Waals surface area contributed by atoms with E-state index in [1.165, 1.54) is 25.8 Å². The monoisotopic (exact) mass is 341 g/mol. The number of aromatic nitrogens is 3. The number of hydrogen-bond donors (Lipinski definition) is 0. The Balaban J connectivity index is 1.31. The summed E-state index contributed by atoms with van der Waals surface area (Å²) in [6.07, 6.45) is 8.09. The Morgan fingerprint density at radius 2 is 2.24 bits per heavy atom. The number of hydrogen-bond acceptors (Lipinski definition) is 6. The molecule has 132 valence electrons. The normalized spacial score (nSPS) is 21.1. The Kier molecular flexibility index (Phi) is 4.74. The van der Waals surface area contributed by atoms with Crippen LogP contribution in [0.5, 0.6) is 0 Å². The number of fused-ring (bicyclic) bond motifs is 1. The first-order chi connectivity index (χ1) is 12.3. The number of carbonyl (C=O) groups excluding carboxylic acids is 1. The van der Waals surface area contributed by atoms with Gasteiger partial charge in [0.15, 0.2) is 0 Å². The van der Waals surface area contributed by atoms with Gasteiger partial charge in [0.2, 0.25) is 17.6 Å². The van der Waals surface area contributed by atoms with Crippen molar-refractivity contribution >= 4 is 5.91 Å². The van der Waals surface area contributed by atoms with Gasteiger partial charge in [-0.05, 0) is 31.5 Å². The number of aryl methyl sites for hydroxylation is 1. The van der Waals surface area contributed by atoms with Gasteiger partial charge in [-0.15, -0.1) is 0 Å². The molecule has 1 amide bonds. The van der Waals surface area contributed by atoms with Gasteiger partial charge in [0.25, 0.3) is 0 Å². The molecule has 2 fully saturated rings. The highest BCUT2D eigenvalue weighted by Crippen LogP contribution is 2.22. The lowest BCUT2D eigenvalue weighted by Crippen LogP contribution is -2.56. The molecule has 2 aliphatic heterocycles. The van der Waals surface area contributed by atoms with Crippen LogP contribution in [0.15, 0.2) is 29.0 Å². The molecular formula is C18H23N5O2. The van der Waals surface area contributed by atoms with Crippen LogP contribution in [0.3, 0.4) is 0 Å². The first kappa shape index (κ1) is 16.2. The van der Waals surface area contributed by atoms with Crippen molar-refractivity contribution in [1.29, 1.82) is 0 Å². The van der Waals surface area contributed by atoms with Crippen LogP contribution >= 0.6 is 0 Å². The number of nitrogens with zero attached hydrogens (tertiary/aromatic N) is 5. The molecule has 25 heavy (non-hydrogen) atoms. The highest BCUT2D eigenvalue weighted by molar-refractivity contribution is 5.76. The molecule has 2 saturated heterocycles. The molecule has 2 aromatic rings. The van der Waals surface area contributed by atoms with Gasteiger partial charge in [0.05, 0.1) is 0 Å². The maximum atomic E-state index is 12.5. The quantitative estimate of drug-likeness (QED) is 0.843. The smallest absolute Gasteiger partial charge is 0.227 e. The standard InChI is InChI=1S/C18H23N5O2/c24-17(23-11-10-22-9-2-1-5-15(22)13-23)7-6-16-20-18(21-25-16)14-4-3-8-19-12-14/h3-4,8,12,15H,1-2,5-7,9-11,13H2/t15-/m0/s1. The zero-order valence-electron chi connectivity index (χ0n) is 14.3. The van der Waals surface area contributed by atoms with Crippen molar-refractivity contribution in [3.8, 4) is 11.4 Å². The summed E-state index contributed by atoms with van der Waals surface area (Å²) in [6.45, 7) is 3.89. The predicted octanol–water partition coefficient (Wildman–Crippen LogP) is 1.76. The van der Waals surface area contributed by atoms with Gasteiger partial charge in [0.1, 0.15) is 0 Å². The minimum atomic E-state index is 0.186. The number of pyridine rings is 1. The summed E-state index contributed by atoms with van der Waals surface area (Å²) in [7, 11) is 0. The summed E-state index contributed by atoms with van der Waals surface area (Å²) in [5.74, 6) is 1.21. The van der Waals surface area contributed by atoms with Crippen molar-refractivity contribution in [3.63, 3.8) is 0 Å². The van der Waals surface area contributed by atoms with Gasteiger partial charge in [-0.2, -0.15) is 4.98 Å². The van der Waals surface area contributed by atoms with Crippen molar-refractivity contribution in [1.82, 2.24) is 24.9 Å². The van der Waals surface area contributed by atoms with E-state index in [1.54, 1.807) is 12.4 Å². The zero-order chi connectivity index (χ0) is 17.1. The molecule has 2 aliphatic rings. The van der Waals surface area contributed by atoms with E-state index >= 15 is 0 Å². The van der Waals surface area contributed by atoms with Crippen LogP contribution in [-0.2, 0) is 11.2 Å². The number of carbonyl (C=O) groups is 1. The lowest BCUT2D eigenvalue weighted by Gasteiger charge is -2.44. The van der Waals surface area contributed by atoms with E-state index in [1.807, 2.05) is 17.0 Å². The Morgan fingerprint density at radius 1 is 1.28 bits per heavy atom. The third-order valence-electron chi connectivity index (χ3n) is 5.13. The van der Waals surface area contributed by atoms with Gasteiger partial charge in [0, 0.05) is 56.5 Å². The van der Waals surface area contributed by atoms with E-state index in [-0.39, 0.29) is 5.91 Å². The maximum absolute atomic E-state index is 12.5. The average molecular weight is 341 g/mol. The Hall–Kier alpha value is -2.28. The van der Waals surface area contributed by atoms with E-state index in [0.29, 0.717) is 30.6 Å². The minimum absolute atomic E-state index is 0.186. The van der Waals surface area contributed by atoms with E-state index in [4.69, 9.17) is 4.52 Å². The van der Waals surface area contributed by atoms with Crippen molar-refractivity contribution in [2.75, 3.05) is 26.2 Å². The molecule has 0 N–H and O–H groups in total. The molecule has 1 atom stereocenters. The van der Waals surface area contributed by atoms with Crippen LogP contribution in [0.1, 0.15) is 31.6 Å². The Bertz CT molecular complexity index is 717. The number of amides is 1. The number of rotatable bonds is 4. The van der Waals surface area contributed by atoms with Gasteiger partial charge in [-0.3, -0.25) is 14.7 Å². The molecule has 0 radical (unpaired) electrons. The minimum Gasteiger partial charge on any atom is -0.340 e. The van der Waals surface area contributed by atoms with Crippen molar-refractivity contribution in [2.24, 2.45) is 0 Å². The second-order valence-corrected chi connectivity index (χ2v) is 6.78. The van der Waals surface area contributed by atoms with Crippen molar-refractivity contribution in [2.45, 2.75) is 38.1 Å². The molecule has 4 heterocycles. The predicted molar refractivity (Wildman–Crippen MR) is 91.6 cm³/mol. The largest absolute Gasteiger partial charge is 0.340 e. The SMILES string of the molecule is O=C(CCc1nc(-c2cccnc2)no1)N1CCN2CCCC[C@H]2C1. The fraction of sp³-hybridized carbons (Fsp3) is 0.556. The van der Waals surface area contributed by atoms with Crippen molar-refractivity contribution in [3.05, 3.63) is 30.4 Å². The Labute approximate surface area is 147 Å². The molecule has 0 spiro atoms.